The summed E-state index contributed by atoms with van der Waals surface area (Å²) in [5.41, 5.74) is 0.0738. The number of nitrogens with one attached hydrogen (secondary N) is 1. The predicted octanol–water partition coefficient (Wildman–Crippen LogP) is 3.36. The number of hydrogen-bond donors (Lipinski definition) is 1. The molecule has 2 aliphatic rings. The first-order chi connectivity index (χ1) is 8.27. The van der Waals surface area contributed by atoms with Crippen LogP contribution in [0.1, 0.15) is 43.5 Å². The second-order valence-electron chi connectivity index (χ2n) is 5.61. The minimum absolute atomic E-state index is 0.0738. The lowest BCUT2D eigenvalue weighted by Gasteiger charge is -2.27. The first-order valence-electron chi connectivity index (χ1n) is 6.68. The van der Waals surface area contributed by atoms with Crippen molar-refractivity contribution in [1.82, 2.24) is 5.32 Å². The van der Waals surface area contributed by atoms with Gasteiger partial charge in [-0.1, -0.05) is 6.07 Å². The Morgan fingerprint density at radius 2 is 2.47 bits per heavy atom. The van der Waals surface area contributed by atoms with Crippen LogP contribution in [0.5, 0.6) is 0 Å². The van der Waals surface area contributed by atoms with Crippen LogP contribution >= 0.6 is 11.3 Å². The first kappa shape index (κ1) is 11.7. The molecule has 2 atom stereocenters. The van der Waals surface area contributed by atoms with Crippen molar-refractivity contribution in [2.75, 3.05) is 13.2 Å². The lowest BCUT2D eigenvalue weighted by atomic mass is 10.0. The van der Waals surface area contributed by atoms with E-state index in [1.807, 2.05) is 11.3 Å². The third-order valence-corrected chi connectivity index (χ3v) is 4.89. The summed E-state index contributed by atoms with van der Waals surface area (Å²) in [7, 11) is 0. The molecule has 1 N–H and O–H groups in total. The Labute approximate surface area is 107 Å². The lowest BCUT2D eigenvalue weighted by Crippen LogP contribution is -2.39. The summed E-state index contributed by atoms with van der Waals surface area (Å²) >= 11 is 1.88. The Hall–Kier alpha value is -0.380. The molecule has 2 nitrogen and oxygen atoms in total. The van der Waals surface area contributed by atoms with Gasteiger partial charge in [0.05, 0.1) is 5.60 Å². The van der Waals surface area contributed by atoms with Crippen LogP contribution in [0.25, 0.3) is 0 Å². The van der Waals surface area contributed by atoms with E-state index in [1.165, 1.54) is 30.6 Å². The average molecular weight is 251 g/mol. The summed E-state index contributed by atoms with van der Waals surface area (Å²) in [4.78, 5) is 1.49. The Morgan fingerprint density at radius 1 is 1.59 bits per heavy atom. The van der Waals surface area contributed by atoms with Crippen LogP contribution in [0.2, 0.25) is 0 Å². The third kappa shape index (κ3) is 2.72. The Bertz CT molecular complexity index is 352. The van der Waals surface area contributed by atoms with Crippen LogP contribution in [-0.2, 0) is 4.74 Å². The zero-order valence-corrected chi connectivity index (χ0v) is 11.3. The van der Waals surface area contributed by atoms with E-state index in [-0.39, 0.29) is 5.60 Å². The maximum absolute atomic E-state index is 5.85. The third-order valence-electron chi connectivity index (χ3n) is 3.94. The van der Waals surface area contributed by atoms with Crippen LogP contribution < -0.4 is 5.32 Å². The van der Waals surface area contributed by atoms with Gasteiger partial charge in [-0.15, -0.1) is 11.3 Å². The summed E-state index contributed by atoms with van der Waals surface area (Å²) in [6.07, 6.45) is 5.17. The maximum Gasteiger partial charge on any atom is 0.0779 e. The van der Waals surface area contributed by atoms with Crippen molar-refractivity contribution in [2.24, 2.45) is 5.92 Å². The fourth-order valence-corrected chi connectivity index (χ4v) is 3.59. The second kappa shape index (κ2) is 4.71. The minimum atomic E-state index is 0.0738. The molecule has 0 amide bonds. The fourth-order valence-electron chi connectivity index (χ4n) is 2.70. The molecule has 2 unspecified atom stereocenters. The van der Waals surface area contributed by atoms with Crippen LogP contribution in [-0.4, -0.2) is 18.8 Å². The number of ether oxygens (including phenoxy) is 1. The second-order valence-corrected chi connectivity index (χ2v) is 6.59. The normalized spacial score (nSPS) is 30.6. The largest absolute Gasteiger partial charge is 0.374 e. The summed E-state index contributed by atoms with van der Waals surface area (Å²) < 4.78 is 5.85. The van der Waals surface area contributed by atoms with E-state index >= 15 is 0 Å². The van der Waals surface area contributed by atoms with Gasteiger partial charge in [-0.25, -0.2) is 0 Å². The molecule has 94 valence electrons. The van der Waals surface area contributed by atoms with Crippen molar-refractivity contribution >= 4 is 11.3 Å². The number of hydrogen-bond acceptors (Lipinski definition) is 3. The molecule has 0 spiro atoms. The van der Waals surface area contributed by atoms with E-state index in [9.17, 15) is 0 Å². The summed E-state index contributed by atoms with van der Waals surface area (Å²) in [6, 6.07) is 4.99. The van der Waals surface area contributed by atoms with Gasteiger partial charge in [0.15, 0.2) is 0 Å². The van der Waals surface area contributed by atoms with E-state index in [1.54, 1.807) is 0 Å². The molecular formula is C14H21NOS. The number of thiophene rings is 1. The van der Waals surface area contributed by atoms with Gasteiger partial charge in [0.1, 0.15) is 0 Å². The van der Waals surface area contributed by atoms with Crippen molar-refractivity contribution in [3.8, 4) is 0 Å². The van der Waals surface area contributed by atoms with E-state index in [0.29, 0.717) is 6.04 Å². The van der Waals surface area contributed by atoms with Gasteiger partial charge in [-0.05, 0) is 50.0 Å². The quantitative estimate of drug-likeness (QED) is 0.866. The fraction of sp³-hybridized carbons (Fsp3) is 0.714. The molecule has 0 radical (unpaired) electrons. The van der Waals surface area contributed by atoms with Crippen LogP contribution in [0, 0.1) is 5.92 Å². The SMILES string of the molecule is CC1(CNC(c2cccs2)C2CC2)CCCO1. The Kier molecular flexibility index (Phi) is 3.24. The molecule has 1 aliphatic heterocycles. The maximum atomic E-state index is 5.85. The molecule has 2 fully saturated rings. The Balaban J connectivity index is 1.61. The van der Waals surface area contributed by atoms with Gasteiger partial charge in [0.2, 0.25) is 0 Å². The highest BCUT2D eigenvalue weighted by atomic mass is 32.1. The molecule has 0 bridgehead atoms. The zero-order chi connectivity index (χ0) is 11.7. The molecule has 0 aromatic carbocycles. The molecule has 3 heteroatoms. The predicted molar refractivity (Wildman–Crippen MR) is 71.4 cm³/mol. The first-order valence-corrected chi connectivity index (χ1v) is 7.56. The topological polar surface area (TPSA) is 21.3 Å². The van der Waals surface area contributed by atoms with Gasteiger partial charge in [0.25, 0.3) is 0 Å². The van der Waals surface area contributed by atoms with Gasteiger partial charge in [-0.3, -0.25) is 0 Å². The van der Waals surface area contributed by atoms with Crippen LogP contribution in [0.4, 0.5) is 0 Å². The van der Waals surface area contributed by atoms with Crippen molar-refractivity contribution in [3.05, 3.63) is 22.4 Å². The van der Waals surface area contributed by atoms with E-state index in [0.717, 1.165) is 19.1 Å². The van der Waals surface area contributed by atoms with Gasteiger partial charge in [-0.2, -0.15) is 0 Å². The summed E-state index contributed by atoms with van der Waals surface area (Å²) in [5.74, 6) is 0.860. The zero-order valence-electron chi connectivity index (χ0n) is 10.4. The standard InChI is InChI=1S/C14H21NOS/c1-14(7-3-8-16-14)10-15-13(11-5-6-11)12-4-2-9-17-12/h2,4,9,11,13,15H,3,5-8,10H2,1H3. The van der Waals surface area contributed by atoms with Gasteiger partial charge < -0.3 is 10.1 Å². The molecule has 1 aliphatic carbocycles. The monoisotopic (exact) mass is 251 g/mol. The molecule has 2 heterocycles. The number of rotatable bonds is 5. The molecule has 3 rings (SSSR count). The molecule has 1 saturated heterocycles. The van der Waals surface area contributed by atoms with Gasteiger partial charge >= 0.3 is 0 Å². The van der Waals surface area contributed by atoms with Crippen LogP contribution in [0.3, 0.4) is 0 Å². The van der Waals surface area contributed by atoms with Gasteiger partial charge in [0, 0.05) is 24.1 Å². The van der Waals surface area contributed by atoms with E-state index in [2.05, 4.69) is 29.8 Å². The smallest absolute Gasteiger partial charge is 0.0779 e. The van der Waals surface area contributed by atoms with E-state index in [4.69, 9.17) is 4.74 Å². The van der Waals surface area contributed by atoms with Crippen molar-refractivity contribution in [3.63, 3.8) is 0 Å². The van der Waals surface area contributed by atoms with Crippen molar-refractivity contribution < 1.29 is 4.74 Å². The average Bonchev–Trinajstić information content (AvgIpc) is 2.84. The van der Waals surface area contributed by atoms with Crippen molar-refractivity contribution in [1.29, 1.82) is 0 Å². The minimum Gasteiger partial charge on any atom is -0.374 e. The summed E-state index contributed by atoms with van der Waals surface area (Å²) in [6.45, 7) is 4.17. The van der Waals surface area contributed by atoms with Crippen molar-refractivity contribution in [2.45, 2.75) is 44.2 Å². The highest BCUT2D eigenvalue weighted by molar-refractivity contribution is 7.10. The Morgan fingerprint density at radius 3 is 3.06 bits per heavy atom. The van der Waals surface area contributed by atoms with E-state index < -0.39 is 0 Å². The highest BCUT2D eigenvalue weighted by Crippen LogP contribution is 2.42. The molecule has 1 aromatic heterocycles. The summed E-state index contributed by atoms with van der Waals surface area (Å²) in [5, 5.41) is 5.93. The van der Waals surface area contributed by atoms with Crippen LogP contribution in [0.15, 0.2) is 17.5 Å². The molecule has 17 heavy (non-hydrogen) atoms. The lowest BCUT2D eigenvalue weighted by molar-refractivity contribution is 0.0182. The molecular weight excluding hydrogens is 230 g/mol. The molecule has 1 aromatic rings. The molecule has 1 saturated carbocycles. The highest BCUT2D eigenvalue weighted by Gasteiger charge is 2.36.